The topological polar surface area (TPSA) is 154 Å². The Morgan fingerprint density at radius 2 is 1.91 bits per heavy atom. The van der Waals surface area contributed by atoms with Crippen LogP contribution in [-0.2, 0) is 16.0 Å². The Bertz CT molecular complexity index is 1610. The standard InChI is InChI=1S/C30H33ClN8O4/c1-18-7-9-19(10-8-18)16-39-24-26(37-30(39)38-13-14-41-17-22(38)20-5-3-2-4-6-20)35-27(25(32)43-29(33)40)36-28(24)42-23-12-11-21(31)15-34-23/h2-6,11-12,15,18-19,22,32H,7-10,13-14,16-17H2,1H3,(H2,33,40)/t18-,19-,22-/m0/s1. The third-order valence-corrected chi connectivity index (χ3v) is 8.23. The highest BCUT2D eigenvalue weighted by molar-refractivity contribution is 6.30. The zero-order valence-electron chi connectivity index (χ0n) is 23.8. The molecule has 1 saturated carbocycles. The summed E-state index contributed by atoms with van der Waals surface area (Å²) in [6.07, 6.45) is 4.84. The summed E-state index contributed by atoms with van der Waals surface area (Å²) in [4.78, 5) is 32.0. The number of carbonyl (C=O) groups is 1. The summed E-state index contributed by atoms with van der Waals surface area (Å²) < 4.78 is 19.1. The Morgan fingerprint density at radius 3 is 2.63 bits per heavy atom. The molecule has 1 aliphatic heterocycles. The quantitative estimate of drug-likeness (QED) is 0.206. The molecule has 12 nitrogen and oxygen atoms in total. The van der Waals surface area contributed by atoms with Crippen LogP contribution in [-0.4, -0.2) is 56.3 Å². The number of primary amides is 1. The maximum atomic E-state index is 11.4. The fourth-order valence-corrected chi connectivity index (χ4v) is 5.90. The summed E-state index contributed by atoms with van der Waals surface area (Å²) in [5.41, 5.74) is 7.14. The molecule has 3 N–H and O–H groups in total. The minimum atomic E-state index is -1.15. The molecule has 0 bridgehead atoms. The lowest BCUT2D eigenvalue weighted by molar-refractivity contribution is 0.0927. The minimum absolute atomic E-state index is 0.0805. The SMILES string of the molecule is C[C@H]1CC[C@H](Cn2c(N3CCOC[C@H]3c3ccccc3)nc3nc(C(=N)OC(N)=O)nc(Oc4ccc(Cl)cn4)c32)CC1. The van der Waals surface area contributed by atoms with Crippen molar-refractivity contribution in [2.75, 3.05) is 24.7 Å². The van der Waals surface area contributed by atoms with Crippen molar-refractivity contribution in [3.63, 3.8) is 0 Å². The molecule has 0 unspecified atom stereocenters. The molecule has 4 heterocycles. The van der Waals surface area contributed by atoms with Crippen molar-refractivity contribution >= 4 is 40.7 Å². The molecule has 0 radical (unpaired) electrons. The van der Waals surface area contributed by atoms with E-state index in [2.05, 4.69) is 43.5 Å². The van der Waals surface area contributed by atoms with Gasteiger partial charge in [0.1, 0.15) is 0 Å². The lowest BCUT2D eigenvalue weighted by atomic mass is 9.83. The summed E-state index contributed by atoms with van der Waals surface area (Å²) in [6, 6.07) is 13.4. The second-order valence-corrected chi connectivity index (χ2v) is 11.5. The number of halogens is 1. The number of pyridine rings is 1. The Labute approximate surface area is 253 Å². The van der Waals surface area contributed by atoms with Gasteiger partial charge in [0.15, 0.2) is 11.2 Å². The summed E-state index contributed by atoms with van der Waals surface area (Å²) in [6.45, 7) is 4.63. The zero-order valence-corrected chi connectivity index (χ0v) is 24.5. The Balaban J connectivity index is 1.52. The second kappa shape index (κ2) is 12.5. The number of amides is 1. The maximum Gasteiger partial charge on any atom is 0.411 e. The third kappa shape index (κ3) is 6.40. The van der Waals surface area contributed by atoms with Gasteiger partial charge in [0, 0.05) is 25.4 Å². The van der Waals surface area contributed by atoms with Gasteiger partial charge >= 0.3 is 6.09 Å². The first-order valence-corrected chi connectivity index (χ1v) is 14.8. The number of anilines is 1. The van der Waals surface area contributed by atoms with Gasteiger partial charge in [-0.2, -0.15) is 9.97 Å². The van der Waals surface area contributed by atoms with Crippen LogP contribution in [0.15, 0.2) is 48.7 Å². The van der Waals surface area contributed by atoms with Crippen molar-refractivity contribution in [1.82, 2.24) is 24.5 Å². The largest absolute Gasteiger partial charge is 0.418 e. The number of hydrogen-bond acceptors (Lipinski definition) is 10. The molecule has 4 aromatic rings. The fraction of sp³-hybridized carbons (Fsp3) is 0.400. The molecule has 2 fully saturated rings. The van der Waals surface area contributed by atoms with Crippen molar-refractivity contribution in [1.29, 1.82) is 5.41 Å². The molecular formula is C30H33ClN8O4. The van der Waals surface area contributed by atoms with Gasteiger partial charge in [0.05, 0.1) is 24.3 Å². The number of nitrogens with two attached hydrogens (primary N) is 1. The summed E-state index contributed by atoms with van der Waals surface area (Å²) in [5.74, 6) is 1.38. The van der Waals surface area contributed by atoms with Gasteiger partial charge in [-0.1, -0.05) is 61.7 Å². The molecular weight excluding hydrogens is 572 g/mol. The smallest absolute Gasteiger partial charge is 0.411 e. The monoisotopic (exact) mass is 604 g/mol. The van der Waals surface area contributed by atoms with E-state index in [9.17, 15) is 4.79 Å². The minimum Gasteiger partial charge on any atom is -0.418 e. The molecule has 0 spiro atoms. The number of hydrogen-bond donors (Lipinski definition) is 2. The number of rotatable bonds is 7. The van der Waals surface area contributed by atoms with Gasteiger partial charge in [-0.25, -0.2) is 14.8 Å². The van der Waals surface area contributed by atoms with E-state index >= 15 is 0 Å². The Morgan fingerprint density at radius 1 is 1.12 bits per heavy atom. The normalized spacial score (nSPS) is 20.6. The van der Waals surface area contributed by atoms with Crippen LogP contribution in [0.3, 0.4) is 0 Å². The molecule has 1 atom stereocenters. The maximum absolute atomic E-state index is 11.4. The van der Waals surface area contributed by atoms with Crippen LogP contribution in [0.4, 0.5) is 10.7 Å². The lowest BCUT2D eigenvalue weighted by Crippen LogP contribution is -2.41. The van der Waals surface area contributed by atoms with Gasteiger partial charge in [-0.05, 0) is 36.3 Å². The molecule has 1 saturated heterocycles. The van der Waals surface area contributed by atoms with Crippen molar-refractivity contribution in [3.05, 3.63) is 65.1 Å². The van der Waals surface area contributed by atoms with Gasteiger partial charge in [0.2, 0.25) is 17.7 Å². The molecule has 1 aliphatic carbocycles. The molecule has 6 rings (SSSR count). The molecule has 3 aromatic heterocycles. The first-order valence-electron chi connectivity index (χ1n) is 14.4. The van der Waals surface area contributed by atoms with Crippen molar-refractivity contribution in [3.8, 4) is 11.8 Å². The number of morpholine rings is 1. The molecule has 1 aromatic carbocycles. The van der Waals surface area contributed by atoms with Gasteiger partial charge in [0.25, 0.3) is 11.8 Å². The van der Waals surface area contributed by atoms with Crippen molar-refractivity contribution in [2.45, 2.75) is 45.2 Å². The predicted octanol–water partition coefficient (Wildman–Crippen LogP) is 5.49. The van der Waals surface area contributed by atoms with Gasteiger partial charge < -0.3 is 29.4 Å². The Kier molecular flexibility index (Phi) is 8.39. The third-order valence-electron chi connectivity index (χ3n) is 8.00. The fourth-order valence-electron chi connectivity index (χ4n) is 5.79. The second-order valence-electron chi connectivity index (χ2n) is 11.0. The number of nitrogens with one attached hydrogen (secondary N) is 1. The summed E-state index contributed by atoms with van der Waals surface area (Å²) in [7, 11) is 0. The molecule has 1 amide bonds. The van der Waals surface area contributed by atoms with Crippen LogP contribution < -0.4 is 15.4 Å². The van der Waals surface area contributed by atoms with Crippen molar-refractivity contribution in [2.24, 2.45) is 17.6 Å². The van der Waals surface area contributed by atoms with E-state index in [4.69, 9.17) is 41.9 Å². The molecule has 13 heteroatoms. The van der Waals surface area contributed by atoms with E-state index < -0.39 is 12.0 Å². The number of benzene rings is 1. The number of ether oxygens (including phenoxy) is 3. The average molecular weight is 605 g/mol. The van der Waals surface area contributed by atoms with E-state index in [-0.39, 0.29) is 23.6 Å². The Hall–Kier alpha value is -4.29. The van der Waals surface area contributed by atoms with Crippen LogP contribution in [0.2, 0.25) is 5.02 Å². The number of carbonyl (C=O) groups excluding carboxylic acids is 1. The number of nitrogens with zero attached hydrogens (tertiary/aromatic N) is 6. The van der Waals surface area contributed by atoms with Crippen LogP contribution in [0, 0.1) is 17.2 Å². The highest BCUT2D eigenvalue weighted by Crippen LogP contribution is 2.38. The van der Waals surface area contributed by atoms with Crippen LogP contribution >= 0.6 is 11.6 Å². The number of fused-ring (bicyclic) bond motifs is 1. The zero-order chi connectivity index (χ0) is 29.9. The van der Waals surface area contributed by atoms with Crippen molar-refractivity contribution < 1.29 is 19.0 Å². The highest BCUT2D eigenvalue weighted by Gasteiger charge is 2.33. The lowest BCUT2D eigenvalue weighted by Gasteiger charge is -2.37. The summed E-state index contributed by atoms with van der Waals surface area (Å²) >= 11 is 6.06. The van der Waals surface area contributed by atoms with E-state index in [0.717, 1.165) is 31.2 Å². The first-order chi connectivity index (χ1) is 20.9. The van der Waals surface area contributed by atoms with E-state index in [1.54, 1.807) is 12.1 Å². The molecule has 224 valence electrons. The number of imidazole rings is 1. The predicted molar refractivity (Wildman–Crippen MR) is 161 cm³/mol. The van der Waals surface area contributed by atoms with Gasteiger partial charge in [-0.15, -0.1) is 0 Å². The van der Waals surface area contributed by atoms with Crippen LogP contribution in [0.1, 0.15) is 50.0 Å². The van der Waals surface area contributed by atoms with E-state index in [1.807, 2.05) is 18.2 Å². The van der Waals surface area contributed by atoms with Crippen LogP contribution in [0.5, 0.6) is 11.8 Å². The average Bonchev–Trinajstić information content (AvgIpc) is 3.37. The van der Waals surface area contributed by atoms with E-state index in [1.165, 1.54) is 6.20 Å². The highest BCUT2D eigenvalue weighted by atomic mass is 35.5. The molecule has 2 aliphatic rings. The van der Waals surface area contributed by atoms with Crippen LogP contribution in [0.25, 0.3) is 11.2 Å². The first kappa shape index (κ1) is 28.8. The molecule has 43 heavy (non-hydrogen) atoms. The summed E-state index contributed by atoms with van der Waals surface area (Å²) in [5, 5.41) is 8.72. The van der Waals surface area contributed by atoms with Gasteiger partial charge in [-0.3, -0.25) is 5.41 Å². The van der Waals surface area contributed by atoms with E-state index in [0.29, 0.717) is 60.3 Å². The number of aromatic nitrogens is 5.